The first-order valence-electron chi connectivity index (χ1n) is 5.29. The maximum Gasteiger partial charge on any atom is 0.241 e. The molecule has 0 bridgehead atoms. The second-order valence-corrected chi connectivity index (χ2v) is 6.20. The Balaban J connectivity index is 2.62. The van der Waals surface area contributed by atoms with Crippen LogP contribution in [0.15, 0.2) is 41.3 Å². The van der Waals surface area contributed by atoms with Gasteiger partial charge in [0.15, 0.2) is 0 Å². The van der Waals surface area contributed by atoms with Crippen molar-refractivity contribution in [3.63, 3.8) is 0 Å². The Kier molecular flexibility index (Phi) is 4.12. The molecule has 2 aromatic rings. The van der Waals surface area contributed by atoms with Gasteiger partial charge in [0.1, 0.15) is 0 Å². The van der Waals surface area contributed by atoms with Crippen molar-refractivity contribution in [1.29, 1.82) is 0 Å². The summed E-state index contributed by atoms with van der Waals surface area (Å²) < 4.78 is 26.6. The smallest absolute Gasteiger partial charge is 0.210 e. The number of fused-ring (bicyclic) bond motifs is 1. The number of alkyl halides is 1. The van der Waals surface area contributed by atoms with Crippen molar-refractivity contribution in [2.75, 3.05) is 12.4 Å². The van der Waals surface area contributed by atoms with Crippen molar-refractivity contribution >= 4 is 44.0 Å². The van der Waals surface area contributed by atoms with Crippen LogP contribution in [0.25, 0.3) is 10.8 Å². The molecule has 0 saturated carbocycles. The molecule has 1 N–H and O–H groups in total. The van der Waals surface area contributed by atoms with Gasteiger partial charge in [-0.05, 0) is 12.1 Å². The predicted molar refractivity (Wildman–Crippen MR) is 74.9 cm³/mol. The Morgan fingerprint density at radius 2 is 1.72 bits per heavy atom. The Morgan fingerprint density at radius 1 is 1.06 bits per heavy atom. The first-order chi connectivity index (χ1) is 8.56. The third-order valence-electron chi connectivity index (χ3n) is 2.50. The number of sulfonamides is 1. The van der Waals surface area contributed by atoms with Crippen molar-refractivity contribution in [3.05, 3.63) is 41.4 Å². The summed E-state index contributed by atoms with van der Waals surface area (Å²) in [6.07, 6.45) is 0. The van der Waals surface area contributed by atoms with E-state index in [0.29, 0.717) is 15.8 Å². The number of nitrogens with one attached hydrogen (secondary N) is 1. The number of rotatable bonds is 4. The van der Waals surface area contributed by atoms with E-state index in [9.17, 15) is 8.42 Å². The molecule has 0 aliphatic carbocycles. The molecule has 0 aliphatic heterocycles. The number of hydrogen-bond acceptors (Lipinski definition) is 2. The van der Waals surface area contributed by atoms with Crippen molar-refractivity contribution in [2.24, 2.45) is 0 Å². The summed E-state index contributed by atoms with van der Waals surface area (Å²) in [4.78, 5) is 0.215. The van der Waals surface area contributed by atoms with Crippen molar-refractivity contribution in [2.45, 2.75) is 4.90 Å². The molecular weight excluding hydrogens is 293 g/mol. The zero-order valence-electron chi connectivity index (χ0n) is 9.36. The average molecular weight is 304 g/mol. The second kappa shape index (κ2) is 5.45. The van der Waals surface area contributed by atoms with Gasteiger partial charge in [-0.15, -0.1) is 11.6 Å². The molecule has 6 heteroatoms. The van der Waals surface area contributed by atoms with Gasteiger partial charge in [-0.1, -0.05) is 35.9 Å². The minimum Gasteiger partial charge on any atom is -0.210 e. The normalized spacial score (nSPS) is 11.9. The molecule has 0 unspecified atom stereocenters. The Labute approximate surface area is 116 Å². The summed E-state index contributed by atoms with van der Waals surface area (Å²) in [6.45, 7) is 0.195. The highest BCUT2D eigenvalue weighted by molar-refractivity contribution is 7.89. The van der Waals surface area contributed by atoms with E-state index < -0.39 is 10.0 Å². The molecule has 3 nitrogen and oxygen atoms in total. The van der Waals surface area contributed by atoms with E-state index >= 15 is 0 Å². The molecule has 18 heavy (non-hydrogen) atoms. The quantitative estimate of drug-likeness (QED) is 0.883. The van der Waals surface area contributed by atoms with Crippen LogP contribution in [0.1, 0.15) is 0 Å². The standard InChI is InChI=1S/C12H11Cl2NO2S/c13-7-8-15-18(16,17)12-6-2-3-9-10(12)4-1-5-11(9)14/h1-6,15H,7-8H2. The van der Waals surface area contributed by atoms with Gasteiger partial charge >= 0.3 is 0 Å². The average Bonchev–Trinajstić information content (AvgIpc) is 2.36. The fraction of sp³-hybridized carbons (Fsp3) is 0.167. The monoisotopic (exact) mass is 303 g/mol. The molecule has 0 saturated heterocycles. The Morgan fingerprint density at radius 3 is 2.44 bits per heavy atom. The van der Waals surface area contributed by atoms with E-state index in [1.807, 2.05) is 0 Å². The van der Waals surface area contributed by atoms with E-state index in [2.05, 4.69) is 4.72 Å². The van der Waals surface area contributed by atoms with Gasteiger partial charge in [0.05, 0.1) is 4.90 Å². The van der Waals surface area contributed by atoms with Crippen molar-refractivity contribution < 1.29 is 8.42 Å². The van der Waals surface area contributed by atoms with E-state index in [1.54, 1.807) is 36.4 Å². The first-order valence-corrected chi connectivity index (χ1v) is 7.69. The van der Waals surface area contributed by atoms with Crippen LogP contribution < -0.4 is 4.72 Å². The lowest BCUT2D eigenvalue weighted by Gasteiger charge is -2.09. The molecule has 0 aromatic heterocycles. The summed E-state index contributed by atoms with van der Waals surface area (Å²) in [6, 6.07) is 10.2. The highest BCUT2D eigenvalue weighted by Gasteiger charge is 2.16. The van der Waals surface area contributed by atoms with Crippen LogP contribution in [0.5, 0.6) is 0 Å². The Bertz CT molecular complexity index is 671. The van der Waals surface area contributed by atoms with E-state index in [0.717, 1.165) is 0 Å². The largest absolute Gasteiger partial charge is 0.241 e. The molecule has 0 fully saturated rings. The summed E-state index contributed by atoms with van der Waals surface area (Å²) in [5, 5.41) is 1.85. The molecule has 2 aromatic carbocycles. The minimum atomic E-state index is -3.56. The lowest BCUT2D eigenvalue weighted by atomic mass is 10.1. The van der Waals surface area contributed by atoms with Crippen LogP contribution in [0, 0.1) is 0 Å². The predicted octanol–water partition coefficient (Wildman–Crippen LogP) is 3.01. The first kappa shape index (κ1) is 13.6. The zero-order valence-corrected chi connectivity index (χ0v) is 11.7. The van der Waals surface area contributed by atoms with Gasteiger partial charge < -0.3 is 0 Å². The fourth-order valence-electron chi connectivity index (χ4n) is 1.73. The Hall–Kier alpha value is -0.810. The molecule has 0 amide bonds. The number of benzene rings is 2. The summed E-state index contributed by atoms with van der Waals surface area (Å²) in [7, 11) is -3.56. The molecule has 0 aliphatic rings. The number of halogens is 2. The highest BCUT2D eigenvalue weighted by Crippen LogP contribution is 2.28. The van der Waals surface area contributed by atoms with Crippen LogP contribution in [0.2, 0.25) is 5.02 Å². The van der Waals surface area contributed by atoms with Gasteiger partial charge in [-0.2, -0.15) is 0 Å². The molecule has 2 rings (SSSR count). The fourth-order valence-corrected chi connectivity index (χ4v) is 3.42. The van der Waals surface area contributed by atoms with Gasteiger partial charge in [0.2, 0.25) is 10.0 Å². The third-order valence-corrected chi connectivity index (χ3v) is 4.54. The zero-order chi connectivity index (χ0) is 13.2. The van der Waals surface area contributed by atoms with Crippen LogP contribution in [0.4, 0.5) is 0 Å². The third kappa shape index (κ3) is 2.62. The highest BCUT2D eigenvalue weighted by atomic mass is 35.5. The lowest BCUT2D eigenvalue weighted by Crippen LogP contribution is -2.25. The maximum atomic E-state index is 12.1. The lowest BCUT2D eigenvalue weighted by molar-refractivity contribution is 0.585. The number of hydrogen-bond donors (Lipinski definition) is 1. The van der Waals surface area contributed by atoms with Crippen molar-refractivity contribution in [3.8, 4) is 0 Å². The molecule has 96 valence electrons. The van der Waals surface area contributed by atoms with Crippen LogP contribution >= 0.6 is 23.2 Å². The van der Waals surface area contributed by atoms with Gasteiger partial charge in [-0.3, -0.25) is 0 Å². The SMILES string of the molecule is O=S(=O)(NCCCl)c1cccc2c(Cl)cccc12. The molecule has 0 heterocycles. The second-order valence-electron chi connectivity index (χ2n) is 3.68. The minimum absolute atomic E-state index is 0.195. The van der Waals surface area contributed by atoms with E-state index in [1.165, 1.54) is 0 Å². The molecule has 0 atom stereocenters. The summed E-state index contributed by atoms with van der Waals surface area (Å²) >= 11 is 11.5. The molecule has 0 radical (unpaired) electrons. The molecule has 0 spiro atoms. The maximum absolute atomic E-state index is 12.1. The van der Waals surface area contributed by atoms with Gasteiger partial charge in [-0.25, -0.2) is 13.1 Å². The summed E-state index contributed by atoms with van der Waals surface area (Å²) in [5.41, 5.74) is 0. The van der Waals surface area contributed by atoms with Crippen LogP contribution in [-0.4, -0.2) is 20.8 Å². The van der Waals surface area contributed by atoms with Crippen LogP contribution in [-0.2, 0) is 10.0 Å². The topological polar surface area (TPSA) is 46.2 Å². The van der Waals surface area contributed by atoms with E-state index in [-0.39, 0.29) is 17.3 Å². The molecular formula is C12H11Cl2NO2S. The van der Waals surface area contributed by atoms with E-state index in [4.69, 9.17) is 23.2 Å². The van der Waals surface area contributed by atoms with Gasteiger partial charge in [0.25, 0.3) is 0 Å². The van der Waals surface area contributed by atoms with Gasteiger partial charge in [0, 0.05) is 28.2 Å². The van der Waals surface area contributed by atoms with Crippen LogP contribution in [0.3, 0.4) is 0 Å². The summed E-state index contributed by atoms with van der Waals surface area (Å²) in [5.74, 6) is 0.227. The van der Waals surface area contributed by atoms with Crippen molar-refractivity contribution in [1.82, 2.24) is 4.72 Å².